The summed E-state index contributed by atoms with van der Waals surface area (Å²) in [4.78, 5) is 22.7. The summed E-state index contributed by atoms with van der Waals surface area (Å²) in [5.74, 6) is -1.70. The van der Waals surface area contributed by atoms with Gasteiger partial charge >= 0.3 is 11.9 Å². The first-order valence-corrected chi connectivity index (χ1v) is 9.31. The lowest BCUT2D eigenvalue weighted by Crippen LogP contribution is -2.60. The highest BCUT2D eigenvalue weighted by Crippen LogP contribution is 2.45. The molecule has 1 spiro atoms. The minimum absolute atomic E-state index is 0.137. The number of hydrogen-bond acceptors (Lipinski definition) is 8. The van der Waals surface area contributed by atoms with Crippen molar-refractivity contribution in [3.63, 3.8) is 0 Å². The van der Waals surface area contributed by atoms with Gasteiger partial charge in [-0.25, -0.2) is 0 Å². The zero-order valence-electron chi connectivity index (χ0n) is 15.5. The molecule has 3 aliphatic rings. The van der Waals surface area contributed by atoms with Gasteiger partial charge in [0.25, 0.3) is 0 Å². The third kappa shape index (κ3) is 4.03. The van der Waals surface area contributed by atoms with Gasteiger partial charge in [-0.15, -0.1) is 0 Å². The zero-order valence-corrected chi connectivity index (χ0v) is 15.5. The smallest absolute Gasteiger partial charge is 0.303 e. The van der Waals surface area contributed by atoms with Gasteiger partial charge < -0.3 is 28.8 Å². The number of carbonyl (C=O) groups is 2. The molecule has 0 aromatic heterocycles. The van der Waals surface area contributed by atoms with Gasteiger partial charge in [0.2, 0.25) is 0 Å². The fourth-order valence-electron chi connectivity index (χ4n) is 4.08. The van der Waals surface area contributed by atoms with Crippen LogP contribution < -0.4 is 0 Å². The van der Waals surface area contributed by atoms with Crippen LogP contribution in [0.2, 0.25) is 0 Å². The Morgan fingerprint density at radius 3 is 2.38 bits per heavy atom. The van der Waals surface area contributed by atoms with E-state index in [0.29, 0.717) is 0 Å². The molecule has 148 valence electrons. The maximum atomic E-state index is 11.5. The van der Waals surface area contributed by atoms with E-state index in [1.165, 1.54) is 13.8 Å². The summed E-state index contributed by atoms with van der Waals surface area (Å²) in [6, 6.07) is 0. The largest absolute Gasteiger partial charge is 0.462 e. The van der Waals surface area contributed by atoms with Gasteiger partial charge in [-0.3, -0.25) is 9.59 Å². The Balaban J connectivity index is 1.81. The molecule has 2 saturated heterocycles. The number of carbonyl (C=O) groups excluding carboxylic acids is 2. The molecule has 1 saturated carbocycles. The second-order valence-corrected chi connectivity index (χ2v) is 7.38. The van der Waals surface area contributed by atoms with Gasteiger partial charge in [0, 0.05) is 26.7 Å². The molecular formula is C18H28O8. The summed E-state index contributed by atoms with van der Waals surface area (Å²) < 4.78 is 28.8. The molecule has 26 heavy (non-hydrogen) atoms. The molecule has 3 rings (SSSR count). The van der Waals surface area contributed by atoms with Crippen LogP contribution in [-0.2, 0) is 33.3 Å². The maximum absolute atomic E-state index is 11.5. The van der Waals surface area contributed by atoms with Crippen LogP contribution in [0.25, 0.3) is 0 Å². The van der Waals surface area contributed by atoms with Crippen molar-refractivity contribution in [3.05, 3.63) is 0 Å². The average Bonchev–Trinajstić information content (AvgIpc) is 2.94. The third-order valence-electron chi connectivity index (χ3n) is 5.29. The molecule has 3 fully saturated rings. The summed E-state index contributed by atoms with van der Waals surface area (Å²) in [6.07, 6.45) is 0.579. The molecule has 1 aliphatic carbocycles. The molecule has 0 amide bonds. The number of fused-ring (bicyclic) bond motifs is 1. The molecule has 6 atom stereocenters. The summed E-state index contributed by atoms with van der Waals surface area (Å²) in [5.41, 5.74) is 0. The Morgan fingerprint density at radius 1 is 1.12 bits per heavy atom. The van der Waals surface area contributed by atoms with Crippen LogP contribution in [0.5, 0.6) is 0 Å². The zero-order chi connectivity index (χ0) is 18.9. The lowest BCUT2D eigenvalue weighted by atomic mass is 9.93. The van der Waals surface area contributed by atoms with E-state index < -0.39 is 54.3 Å². The highest BCUT2D eigenvalue weighted by Gasteiger charge is 2.59. The Labute approximate surface area is 153 Å². The number of hydrogen-bond donors (Lipinski definition) is 1. The van der Waals surface area contributed by atoms with Crippen LogP contribution in [0.15, 0.2) is 0 Å². The first kappa shape index (κ1) is 19.5. The summed E-state index contributed by atoms with van der Waals surface area (Å²) in [6.45, 7) is 4.17. The van der Waals surface area contributed by atoms with Crippen molar-refractivity contribution in [1.29, 1.82) is 0 Å². The third-order valence-corrected chi connectivity index (χ3v) is 5.29. The highest BCUT2D eigenvalue weighted by atomic mass is 16.8. The van der Waals surface area contributed by atoms with E-state index in [1.54, 1.807) is 6.92 Å². The molecule has 2 aliphatic heterocycles. The number of esters is 2. The van der Waals surface area contributed by atoms with Gasteiger partial charge in [0.05, 0.1) is 6.10 Å². The Bertz CT molecular complexity index is 529. The number of aliphatic hydroxyl groups is 1. The van der Waals surface area contributed by atoms with E-state index in [-0.39, 0.29) is 6.61 Å². The van der Waals surface area contributed by atoms with Gasteiger partial charge in [-0.1, -0.05) is 6.42 Å². The van der Waals surface area contributed by atoms with E-state index in [0.717, 1.165) is 32.1 Å². The maximum Gasteiger partial charge on any atom is 0.303 e. The van der Waals surface area contributed by atoms with Crippen LogP contribution in [0.1, 0.15) is 52.9 Å². The first-order chi connectivity index (χ1) is 12.3. The molecule has 1 unspecified atom stereocenters. The fourth-order valence-corrected chi connectivity index (χ4v) is 4.08. The van der Waals surface area contributed by atoms with Crippen molar-refractivity contribution in [3.8, 4) is 0 Å². The lowest BCUT2D eigenvalue weighted by Gasteiger charge is -2.41. The molecule has 0 aromatic rings. The summed E-state index contributed by atoms with van der Waals surface area (Å²) in [7, 11) is 0. The minimum Gasteiger partial charge on any atom is -0.462 e. The SMILES string of the molecule is CC(=O)OC[C@@H](OC(C)=O)[C@@H]1O[C@@H](C)[C@H](O)[C@@H]2OC3(CCCCC3)OC21. The minimum atomic E-state index is -0.843. The molecular weight excluding hydrogens is 344 g/mol. The molecule has 0 radical (unpaired) electrons. The predicted molar refractivity (Wildman–Crippen MR) is 88.1 cm³/mol. The molecule has 2 heterocycles. The van der Waals surface area contributed by atoms with Crippen LogP contribution in [0.4, 0.5) is 0 Å². The summed E-state index contributed by atoms with van der Waals surface area (Å²) in [5, 5.41) is 10.5. The van der Waals surface area contributed by atoms with Gasteiger partial charge in [-0.2, -0.15) is 0 Å². The van der Waals surface area contributed by atoms with E-state index in [1.807, 2.05) is 0 Å². The lowest BCUT2D eigenvalue weighted by molar-refractivity contribution is -0.223. The molecule has 8 nitrogen and oxygen atoms in total. The van der Waals surface area contributed by atoms with E-state index in [2.05, 4.69) is 0 Å². The normalized spacial score (nSPS) is 37.0. The van der Waals surface area contributed by atoms with Crippen molar-refractivity contribution in [2.24, 2.45) is 0 Å². The number of aliphatic hydroxyl groups excluding tert-OH is 1. The van der Waals surface area contributed by atoms with Crippen LogP contribution >= 0.6 is 0 Å². The Kier molecular flexibility index (Phi) is 5.86. The molecule has 8 heteroatoms. The van der Waals surface area contributed by atoms with Crippen LogP contribution in [-0.4, -0.2) is 66.1 Å². The number of ether oxygens (including phenoxy) is 5. The van der Waals surface area contributed by atoms with Gasteiger partial charge in [0.15, 0.2) is 11.9 Å². The van der Waals surface area contributed by atoms with Gasteiger partial charge in [0.1, 0.15) is 31.0 Å². The molecule has 0 aromatic carbocycles. The second-order valence-electron chi connectivity index (χ2n) is 7.38. The van der Waals surface area contributed by atoms with Crippen molar-refractivity contribution in [2.75, 3.05) is 6.61 Å². The van der Waals surface area contributed by atoms with Crippen LogP contribution in [0.3, 0.4) is 0 Å². The molecule has 1 N–H and O–H groups in total. The van der Waals surface area contributed by atoms with E-state index >= 15 is 0 Å². The van der Waals surface area contributed by atoms with Gasteiger partial charge in [-0.05, 0) is 19.8 Å². The van der Waals surface area contributed by atoms with Crippen molar-refractivity contribution in [2.45, 2.75) is 95.3 Å². The van der Waals surface area contributed by atoms with Crippen LogP contribution in [0, 0.1) is 0 Å². The van der Waals surface area contributed by atoms with E-state index in [4.69, 9.17) is 23.7 Å². The summed E-state index contributed by atoms with van der Waals surface area (Å²) >= 11 is 0. The van der Waals surface area contributed by atoms with Crippen molar-refractivity contribution >= 4 is 11.9 Å². The van der Waals surface area contributed by atoms with Crippen molar-refractivity contribution in [1.82, 2.24) is 0 Å². The van der Waals surface area contributed by atoms with E-state index in [9.17, 15) is 14.7 Å². The monoisotopic (exact) mass is 372 g/mol. The predicted octanol–water partition coefficient (Wildman–Crippen LogP) is 1.07. The highest BCUT2D eigenvalue weighted by molar-refractivity contribution is 5.67. The molecule has 0 bridgehead atoms. The Hall–Kier alpha value is -1.22. The fraction of sp³-hybridized carbons (Fsp3) is 0.889. The standard InChI is InChI=1S/C18H28O8/c1-10-14(21)16-17(26-18(25-16)7-5-4-6-8-18)15(23-10)13(24-12(3)20)9-22-11(2)19/h10,13-17,21H,4-9H2,1-3H3/t10-,13+,14-,15-,16-,17?/m0/s1. The Morgan fingerprint density at radius 2 is 1.77 bits per heavy atom. The average molecular weight is 372 g/mol. The second kappa shape index (κ2) is 7.80. The quantitative estimate of drug-likeness (QED) is 0.732. The number of rotatable bonds is 4. The topological polar surface area (TPSA) is 101 Å². The first-order valence-electron chi connectivity index (χ1n) is 9.31. The van der Waals surface area contributed by atoms with Crippen molar-refractivity contribution < 1.29 is 38.4 Å².